The van der Waals surface area contributed by atoms with E-state index in [0.29, 0.717) is 13.1 Å². The summed E-state index contributed by atoms with van der Waals surface area (Å²) in [6.45, 7) is 1.19. The molecule has 8 nitrogen and oxygen atoms in total. The number of hydrogen-bond donors (Lipinski definition) is 1. The fourth-order valence-corrected chi connectivity index (χ4v) is 5.23. The van der Waals surface area contributed by atoms with Gasteiger partial charge in [-0.3, -0.25) is 4.79 Å². The van der Waals surface area contributed by atoms with Gasteiger partial charge < -0.3 is 4.90 Å². The third-order valence-corrected chi connectivity index (χ3v) is 6.87. The van der Waals surface area contributed by atoms with Crippen molar-refractivity contribution in [3.63, 3.8) is 0 Å². The summed E-state index contributed by atoms with van der Waals surface area (Å²) < 4.78 is 29.0. The lowest BCUT2D eigenvalue weighted by Crippen LogP contribution is -2.40. The van der Waals surface area contributed by atoms with Crippen LogP contribution in [0.15, 0.2) is 35.5 Å². The number of aromatic nitrogens is 3. The van der Waals surface area contributed by atoms with E-state index in [9.17, 15) is 13.2 Å². The Bertz CT molecular complexity index is 877. The van der Waals surface area contributed by atoms with E-state index in [1.165, 1.54) is 12.1 Å². The van der Waals surface area contributed by atoms with Crippen LogP contribution in [0.25, 0.3) is 0 Å². The van der Waals surface area contributed by atoms with Crippen molar-refractivity contribution in [3.05, 3.63) is 40.6 Å². The minimum Gasteiger partial charge on any atom is -0.343 e. The summed E-state index contributed by atoms with van der Waals surface area (Å²) in [5.41, 5.74) is 0. The maximum atomic E-state index is 12.4. The van der Waals surface area contributed by atoms with E-state index in [4.69, 9.17) is 23.2 Å². The summed E-state index contributed by atoms with van der Waals surface area (Å²) in [5.74, 6) is -0.0972. The molecule has 1 fully saturated rings. The monoisotopic (exact) mass is 431 g/mol. The first-order chi connectivity index (χ1) is 12.9. The number of carbonyl (C=O) groups is 1. The summed E-state index contributed by atoms with van der Waals surface area (Å²) in [4.78, 5) is 13.9. The van der Waals surface area contributed by atoms with Crippen LogP contribution in [0.1, 0.15) is 25.3 Å². The molecule has 2 heterocycles. The van der Waals surface area contributed by atoms with Gasteiger partial charge in [0.05, 0.1) is 22.3 Å². The third kappa shape index (κ3) is 4.78. The molecule has 0 aliphatic carbocycles. The number of benzene rings is 1. The third-order valence-electron chi connectivity index (χ3n) is 4.45. The fourth-order valence-electron chi connectivity index (χ4n) is 3.05. The minimum atomic E-state index is -3.89. The number of nitrogens with zero attached hydrogens (tertiary/aromatic N) is 4. The molecular weight excluding hydrogens is 413 g/mol. The molecule has 1 N–H and O–H groups in total. The first-order valence-corrected chi connectivity index (χ1v) is 10.7. The van der Waals surface area contributed by atoms with Gasteiger partial charge in [0.25, 0.3) is 0 Å². The molecule has 1 aromatic heterocycles. The second kappa shape index (κ2) is 8.55. The maximum Gasteiger partial charge on any atom is 0.243 e. The van der Waals surface area contributed by atoms with Crippen LogP contribution in [0.2, 0.25) is 10.0 Å². The van der Waals surface area contributed by atoms with Gasteiger partial charge in [-0.05, 0) is 25.0 Å². The average Bonchev–Trinajstić information content (AvgIpc) is 3.16. The van der Waals surface area contributed by atoms with Crippen molar-refractivity contribution in [3.8, 4) is 0 Å². The van der Waals surface area contributed by atoms with E-state index in [1.807, 2.05) is 10.9 Å². The number of nitrogens with one attached hydrogen (secondary N) is 1. The van der Waals surface area contributed by atoms with Gasteiger partial charge in [0.1, 0.15) is 4.90 Å². The van der Waals surface area contributed by atoms with Gasteiger partial charge in [-0.15, -0.1) is 5.10 Å². The molecular formula is C16H19Cl2N5O3S. The molecule has 11 heteroatoms. The van der Waals surface area contributed by atoms with Gasteiger partial charge >= 0.3 is 0 Å². The van der Waals surface area contributed by atoms with Gasteiger partial charge in [0.15, 0.2) is 0 Å². The smallest absolute Gasteiger partial charge is 0.243 e. The lowest BCUT2D eigenvalue weighted by atomic mass is 10.1. The zero-order valence-electron chi connectivity index (χ0n) is 14.4. The SMILES string of the molecule is O=C(CCNS(=O)(=O)c1c(Cl)cccc1Cl)N1CCC(n2ccnn2)CC1. The van der Waals surface area contributed by atoms with E-state index in [-0.39, 0.29) is 39.9 Å². The van der Waals surface area contributed by atoms with Crippen LogP contribution in [0.3, 0.4) is 0 Å². The van der Waals surface area contributed by atoms with Crippen molar-refractivity contribution in [1.82, 2.24) is 24.6 Å². The van der Waals surface area contributed by atoms with E-state index < -0.39 is 10.0 Å². The van der Waals surface area contributed by atoms with Gasteiger partial charge in [-0.25, -0.2) is 17.8 Å². The summed E-state index contributed by atoms with van der Waals surface area (Å²) in [6.07, 6.45) is 5.09. The number of likely N-dealkylation sites (tertiary alicyclic amines) is 1. The Morgan fingerprint density at radius 2 is 1.89 bits per heavy atom. The lowest BCUT2D eigenvalue weighted by molar-refractivity contribution is -0.132. The molecule has 3 rings (SSSR count). The number of rotatable bonds is 6. The van der Waals surface area contributed by atoms with Crippen LogP contribution >= 0.6 is 23.2 Å². The highest BCUT2D eigenvalue weighted by Gasteiger charge is 2.25. The number of carbonyl (C=O) groups excluding carboxylic acids is 1. The van der Waals surface area contributed by atoms with Crippen LogP contribution in [-0.2, 0) is 14.8 Å². The van der Waals surface area contributed by atoms with Crippen LogP contribution in [-0.4, -0.2) is 53.9 Å². The predicted molar refractivity (Wildman–Crippen MR) is 101 cm³/mol. The van der Waals surface area contributed by atoms with Crippen molar-refractivity contribution < 1.29 is 13.2 Å². The van der Waals surface area contributed by atoms with Crippen molar-refractivity contribution in [1.29, 1.82) is 0 Å². The topological polar surface area (TPSA) is 97.2 Å². The molecule has 1 saturated heterocycles. The summed E-state index contributed by atoms with van der Waals surface area (Å²) in [5, 5.41) is 7.87. The average molecular weight is 432 g/mol. The van der Waals surface area contributed by atoms with Crippen molar-refractivity contribution in [2.24, 2.45) is 0 Å². The Labute approximate surface area is 167 Å². The van der Waals surface area contributed by atoms with E-state index in [0.717, 1.165) is 12.8 Å². The Balaban J connectivity index is 1.50. The number of halogens is 2. The summed E-state index contributed by atoms with van der Waals surface area (Å²) >= 11 is 11.9. The molecule has 1 aliphatic heterocycles. The number of piperidine rings is 1. The first kappa shape index (κ1) is 20.1. The van der Waals surface area contributed by atoms with Crippen molar-refractivity contribution in [2.45, 2.75) is 30.2 Å². The Morgan fingerprint density at radius 3 is 2.48 bits per heavy atom. The highest BCUT2D eigenvalue weighted by Crippen LogP contribution is 2.28. The largest absolute Gasteiger partial charge is 0.343 e. The predicted octanol–water partition coefficient (Wildman–Crippen LogP) is 2.12. The van der Waals surface area contributed by atoms with Crippen molar-refractivity contribution >= 4 is 39.1 Å². The summed E-state index contributed by atoms with van der Waals surface area (Å²) in [7, 11) is -3.89. The molecule has 0 radical (unpaired) electrons. The van der Waals surface area contributed by atoms with Gasteiger partial charge in [-0.1, -0.05) is 34.5 Å². The minimum absolute atomic E-state index is 0.0221. The lowest BCUT2D eigenvalue weighted by Gasteiger charge is -2.31. The summed E-state index contributed by atoms with van der Waals surface area (Å²) in [6, 6.07) is 4.70. The molecule has 0 bridgehead atoms. The maximum absolute atomic E-state index is 12.4. The van der Waals surface area contributed by atoms with Crippen molar-refractivity contribution in [2.75, 3.05) is 19.6 Å². The molecule has 2 aromatic rings. The van der Waals surface area contributed by atoms with E-state index in [2.05, 4.69) is 15.0 Å². The quantitative estimate of drug-likeness (QED) is 0.754. The standard InChI is InChI=1S/C16H19Cl2N5O3S/c17-13-2-1-3-14(18)16(13)27(25,26)20-7-4-15(24)22-9-5-12(6-10-22)23-11-8-19-21-23/h1-3,8,11-12,20H,4-7,9-10H2. The second-order valence-electron chi connectivity index (χ2n) is 6.19. The zero-order chi connectivity index (χ0) is 19.4. The molecule has 0 atom stereocenters. The van der Waals surface area contributed by atoms with Crippen LogP contribution in [0.5, 0.6) is 0 Å². The Kier molecular flexibility index (Phi) is 6.36. The number of hydrogen-bond acceptors (Lipinski definition) is 5. The van der Waals surface area contributed by atoms with Gasteiger partial charge in [0, 0.05) is 32.3 Å². The molecule has 146 valence electrons. The number of amides is 1. The normalized spacial score (nSPS) is 15.9. The Hall–Kier alpha value is -1.68. The molecule has 0 unspecified atom stereocenters. The fraction of sp³-hybridized carbons (Fsp3) is 0.438. The van der Waals surface area contributed by atoms with E-state index >= 15 is 0 Å². The second-order valence-corrected chi connectivity index (χ2v) is 8.71. The van der Waals surface area contributed by atoms with Crippen LogP contribution in [0.4, 0.5) is 0 Å². The van der Waals surface area contributed by atoms with Gasteiger partial charge in [0.2, 0.25) is 15.9 Å². The molecule has 27 heavy (non-hydrogen) atoms. The van der Waals surface area contributed by atoms with Crippen LogP contribution in [0, 0.1) is 0 Å². The van der Waals surface area contributed by atoms with Gasteiger partial charge in [-0.2, -0.15) is 0 Å². The highest BCUT2D eigenvalue weighted by atomic mass is 35.5. The molecule has 1 amide bonds. The Morgan fingerprint density at radius 1 is 1.22 bits per heavy atom. The molecule has 1 aromatic carbocycles. The van der Waals surface area contributed by atoms with E-state index in [1.54, 1.807) is 17.2 Å². The molecule has 0 saturated carbocycles. The first-order valence-electron chi connectivity index (χ1n) is 8.46. The number of sulfonamides is 1. The highest BCUT2D eigenvalue weighted by molar-refractivity contribution is 7.89. The molecule has 0 spiro atoms. The molecule has 1 aliphatic rings. The van der Waals surface area contributed by atoms with Crippen LogP contribution < -0.4 is 4.72 Å². The zero-order valence-corrected chi connectivity index (χ0v) is 16.7.